The average Bonchev–Trinajstić information content (AvgIpc) is 2.46. The zero-order valence-corrected chi connectivity index (χ0v) is 13.2. The minimum Gasteiger partial charge on any atom is -0.303 e. The van der Waals surface area contributed by atoms with Crippen LogP contribution in [0.2, 0.25) is 0 Å². The smallest absolute Gasteiger partial charge is 0.0545 e. The molecule has 0 amide bonds. The van der Waals surface area contributed by atoms with Crippen molar-refractivity contribution in [2.45, 2.75) is 19.0 Å². The van der Waals surface area contributed by atoms with E-state index in [1.165, 1.54) is 11.1 Å². The van der Waals surface area contributed by atoms with Crippen LogP contribution in [0.5, 0.6) is 0 Å². The van der Waals surface area contributed by atoms with Crippen molar-refractivity contribution in [2.75, 3.05) is 5.88 Å². The summed E-state index contributed by atoms with van der Waals surface area (Å²) in [5.41, 5.74) is 2.23. The summed E-state index contributed by atoms with van der Waals surface area (Å²) in [5, 5.41) is 3.55. The molecule has 0 aliphatic rings. The normalized spacial score (nSPS) is 14.1. The zero-order chi connectivity index (χ0) is 13.7. The lowest BCUT2D eigenvalue weighted by molar-refractivity contribution is 0.407. The van der Waals surface area contributed by atoms with Gasteiger partial charge in [-0.2, -0.15) is 0 Å². The Balaban J connectivity index is 2.11. The van der Waals surface area contributed by atoms with Gasteiger partial charge in [-0.25, -0.2) is 0 Å². The van der Waals surface area contributed by atoms with Crippen LogP contribution in [-0.2, 0) is 12.1 Å². The minimum atomic E-state index is -0.217. The van der Waals surface area contributed by atoms with Gasteiger partial charge in [0, 0.05) is 16.9 Å². The van der Waals surface area contributed by atoms with Crippen LogP contribution in [0.25, 0.3) is 0 Å². The first-order valence-electron chi connectivity index (χ1n) is 6.25. The van der Waals surface area contributed by atoms with Crippen molar-refractivity contribution in [2.24, 2.45) is 0 Å². The van der Waals surface area contributed by atoms with Gasteiger partial charge in [-0.15, -0.1) is 11.6 Å². The highest BCUT2D eigenvalue weighted by molar-refractivity contribution is 9.10. The fourth-order valence-electron chi connectivity index (χ4n) is 1.98. The lowest BCUT2D eigenvalue weighted by Crippen LogP contribution is -2.40. The lowest BCUT2D eigenvalue weighted by atomic mass is 9.94. The van der Waals surface area contributed by atoms with E-state index in [-0.39, 0.29) is 5.54 Å². The molecule has 0 bridgehead atoms. The first-order valence-corrected chi connectivity index (χ1v) is 7.58. The van der Waals surface area contributed by atoms with Crippen molar-refractivity contribution in [3.63, 3.8) is 0 Å². The topological polar surface area (TPSA) is 12.0 Å². The maximum Gasteiger partial charge on any atom is 0.0545 e. The molecule has 3 heteroatoms. The van der Waals surface area contributed by atoms with E-state index in [1.807, 2.05) is 30.3 Å². The molecule has 0 saturated carbocycles. The Labute approximate surface area is 128 Å². The number of hydrogen-bond donors (Lipinski definition) is 1. The quantitative estimate of drug-likeness (QED) is 0.780. The molecule has 1 N–H and O–H groups in total. The summed E-state index contributed by atoms with van der Waals surface area (Å²) in [5.74, 6) is 0.533. The summed E-state index contributed by atoms with van der Waals surface area (Å²) in [6.45, 7) is 2.92. The van der Waals surface area contributed by atoms with E-state index in [9.17, 15) is 0 Å². The Kier molecular flexibility index (Phi) is 5.03. The van der Waals surface area contributed by atoms with Crippen molar-refractivity contribution >= 4 is 27.5 Å². The molecule has 0 radical (unpaired) electrons. The molecule has 0 aromatic heterocycles. The molecular formula is C16H17BrClN. The fourth-order valence-corrected chi connectivity index (χ4v) is 2.67. The van der Waals surface area contributed by atoms with Crippen molar-refractivity contribution < 1.29 is 0 Å². The summed E-state index contributed by atoms with van der Waals surface area (Å²) in [4.78, 5) is 0. The Bertz CT molecular complexity index is 529. The predicted octanol–water partition coefficient (Wildman–Crippen LogP) is 4.69. The van der Waals surface area contributed by atoms with Gasteiger partial charge in [0.1, 0.15) is 0 Å². The van der Waals surface area contributed by atoms with Crippen LogP contribution in [0.4, 0.5) is 0 Å². The highest BCUT2D eigenvalue weighted by Gasteiger charge is 2.24. The van der Waals surface area contributed by atoms with Gasteiger partial charge in [-0.3, -0.25) is 0 Å². The fraction of sp³-hybridized carbons (Fsp3) is 0.250. The van der Waals surface area contributed by atoms with E-state index in [4.69, 9.17) is 11.6 Å². The second-order valence-corrected chi connectivity index (χ2v) is 6.00. The third kappa shape index (κ3) is 3.82. The van der Waals surface area contributed by atoms with Crippen LogP contribution in [0.15, 0.2) is 59.1 Å². The molecule has 19 heavy (non-hydrogen) atoms. The molecule has 0 aliphatic carbocycles. The Morgan fingerprint density at radius 3 is 2.47 bits per heavy atom. The number of halogens is 2. The molecule has 1 atom stereocenters. The molecular weight excluding hydrogens is 322 g/mol. The minimum absolute atomic E-state index is 0.217. The van der Waals surface area contributed by atoms with Gasteiger partial charge in [-0.05, 0) is 30.2 Å². The summed E-state index contributed by atoms with van der Waals surface area (Å²) in [6.07, 6.45) is 0. The van der Waals surface area contributed by atoms with Crippen LogP contribution in [0.3, 0.4) is 0 Å². The molecule has 1 unspecified atom stereocenters. The van der Waals surface area contributed by atoms with E-state index in [0.717, 1.165) is 11.0 Å². The zero-order valence-electron chi connectivity index (χ0n) is 10.9. The Morgan fingerprint density at radius 1 is 1.11 bits per heavy atom. The highest BCUT2D eigenvalue weighted by atomic mass is 79.9. The first-order chi connectivity index (χ1) is 9.14. The van der Waals surface area contributed by atoms with Crippen LogP contribution >= 0.6 is 27.5 Å². The Hall–Kier alpha value is -0.830. The van der Waals surface area contributed by atoms with Crippen LogP contribution in [-0.4, -0.2) is 5.88 Å². The molecule has 0 saturated heterocycles. The molecule has 2 aromatic carbocycles. The van der Waals surface area contributed by atoms with Gasteiger partial charge in [0.25, 0.3) is 0 Å². The van der Waals surface area contributed by atoms with Crippen molar-refractivity contribution in [1.29, 1.82) is 0 Å². The summed E-state index contributed by atoms with van der Waals surface area (Å²) in [6, 6.07) is 18.6. The van der Waals surface area contributed by atoms with Crippen molar-refractivity contribution in [1.82, 2.24) is 5.32 Å². The number of nitrogens with one attached hydrogen (secondary N) is 1. The maximum atomic E-state index is 6.17. The number of benzene rings is 2. The van der Waals surface area contributed by atoms with Crippen molar-refractivity contribution in [3.8, 4) is 0 Å². The average molecular weight is 339 g/mol. The van der Waals surface area contributed by atoms with E-state index < -0.39 is 0 Å². The first kappa shape index (κ1) is 14.6. The van der Waals surface area contributed by atoms with Gasteiger partial charge in [0.05, 0.1) is 5.54 Å². The molecule has 0 fully saturated rings. The molecule has 0 aliphatic heterocycles. The third-order valence-corrected chi connectivity index (χ3v) is 4.28. The SMILES string of the molecule is CC(CCl)(NCc1cccc(Br)c1)c1ccccc1. The molecule has 0 heterocycles. The molecule has 1 nitrogen and oxygen atoms in total. The number of hydrogen-bond acceptors (Lipinski definition) is 1. The Morgan fingerprint density at radius 2 is 1.84 bits per heavy atom. The van der Waals surface area contributed by atoms with Gasteiger partial charge < -0.3 is 5.32 Å². The monoisotopic (exact) mass is 337 g/mol. The van der Waals surface area contributed by atoms with E-state index in [0.29, 0.717) is 5.88 Å². The van der Waals surface area contributed by atoms with E-state index in [2.05, 4.69) is 52.4 Å². The summed E-state index contributed by atoms with van der Waals surface area (Å²) >= 11 is 9.66. The standard InChI is InChI=1S/C16H17BrClN/c1-16(12-18,14-7-3-2-4-8-14)19-11-13-6-5-9-15(17)10-13/h2-10,19H,11-12H2,1H3. The van der Waals surface area contributed by atoms with Crippen molar-refractivity contribution in [3.05, 3.63) is 70.2 Å². The molecule has 2 aromatic rings. The predicted molar refractivity (Wildman–Crippen MR) is 85.5 cm³/mol. The van der Waals surface area contributed by atoms with Gasteiger partial charge in [-0.1, -0.05) is 58.4 Å². The van der Waals surface area contributed by atoms with Crippen LogP contribution < -0.4 is 5.32 Å². The number of rotatable bonds is 5. The molecule has 100 valence electrons. The number of alkyl halides is 1. The second-order valence-electron chi connectivity index (χ2n) is 4.82. The van der Waals surface area contributed by atoms with Gasteiger partial charge in [0.15, 0.2) is 0 Å². The lowest BCUT2D eigenvalue weighted by Gasteiger charge is -2.29. The van der Waals surface area contributed by atoms with Gasteiger partial charge in [0.2, 0.25) is 0 Å². The summed E-state index contributed by atoms with van der Waals surface area (Å²) in [7, 11) is 0. The van der Waals surface area contributed by atoms with Gasteiger partial charge >= 0.3 is 0 Å². The van der Waals surface area contributed by atoms with Crippen LogP contribution in [0.1, 0.15) is 18.1 Å². The maximum absolute atomic E-state index is 6.17. The third-order valence-electron chi connectivity index (χ3n) is 3.25. The largest absolute Gasteiger partial charge is 0.303 e. The summed E-state index contributed by atoms with van der Waals surface area (Å²) < 4.78 is 1.10. The molecule has 0 spiro atoms. The second kappa shape index (κ2) is 6.56. The highest BCUT2D eigenvalue weighted by Crippen LogP contribution is 2.23. The van der Waals surface area contributed by atoms with Crippen LogP contribution in [0, 0.1) is 0 Å². The molecule has 2 rings (SSSR count). The van der Waals surface area contributed by atoms with E-state index >= 15 is 0 Å². The van der Waals surface area contributed by atoms with E-state index in [1.54, 1.807) is 0 Å².